The van der Waals surface area contributed by atoms with E-state index in [2.05, 4.69) is 13.6 Å². The molecule has 0 heterocycles. The van der Waals surface area contributed by atoms with Gasteiger partial charge in [0.25, 0.3) is 0 Å². The molecule has 0 spiro atoms. The van der Waals surface area contributed by atoms with Gasteiger partial charge < -0.3 is 46.0 Å². The van der Waals surface area contributed by atoms with E-state index in [4.69, 9.17) is 46.0 Å². The van der Waals surface area contributed by atoms with Gasteiger partial charge in [0, 0.05) is 17.4 Å². The van der Waals surface area contributed by atoms with Crippen molar-refractivity contribution in [2.24, 2.45) is 0 Å². The summed E-state index contributed by atoms with van der Waals surface area (Å²) in [6, 6.07) is 0. The summed E-state index contributed by atoms with van der Waals surface area (Å²) in [5, 5.41) is 76.5. The molecule has 0 bridgehead atoms. The van der Waals surface area contributed by atoms with Gasteiger partial charge in [-0.25, -0.2) is 4.57 Å². The van der Waals surface area contributed by atoms with Crippen molar-refractivity contribution < 1.29 is 64.1 Å². The fraction of sp³-hybridized carbons (Fsp3) is 1.00. The normalized spacial score (nSPS) is 14.0. The molecule has 0 aliphatic carbocycles. The lowest BCUT2D eigenvalue weighted by Gasteiger charge is -2.24. The third kappa shape index (κ3) is 15.0. The van der Waals surface area contributed by atoms with Crippen LogP contribution in [0.2, 0.25) is 0 Å². The second-order valence-corrected chi connectivity index (χ2v) is 5.26. The number of hydrogen-bond acceptors (Lipinski definition) is 13. The van der Waals surface area contributed by atoms with E-state index in [0.717, 1.165) is 0 Å². The lowest BCUT2D eigenvalue weighted by Crippen LogP contribution is -2.36. The first-order valence-corrected chi connectivity index (χ1v) is 6.13. The van der Waals surface area contributed by atoms with Crippen LogP contribution in [0.1, 0.15) is 0 Å². The van der Waals surface area contributed by atoms with E-state index in [-0.39, 0.29) is 17.4 Å². The Balaban J connectivity index is 0. The van der Waals surface area contributed by atoms with Crippen LogP contribution in [0.5, 0.6) is 0 Å². The molecule has 0 amide bonds. The van der Waals surface area contributed by atoms with Gasteiger partial charge in [-0.05, 0) is 0 Å². The van der Waals surface area contributed by atoms with E-state index in [9.17, 15) is 4.57 Å². The van der Waals surface area contributed by atoms with Crippen molar-refractivity contribution in [1.82, 2.24) is 0 Å². The maximum Gasteiger partial charge on any atom is 0.475 e. The summed E-state index contributed by atoms with van der Waals surface area (Å²) < 4.78 is 23.9. The Morgan fingerprint density at radius 1 is 0.619 bits per heavy atom. The van der Waals surface area contributed by atoms with E-state index in [1.807, 2.05) is 0 Å². The first-order chi connectivity index (χ1) is 8.62. The van der Waals surface area contributed by atoms with Crippen molar-refractivity contribution in [1.29, 1.82) is 0 Å². The Morgan fingerprint density at radius 2 is 0.810 bits per heavy atom. The largest absolute Gasteiger partial charge is 0.475 e. The van der Waals surface area contributed by atoms with E-state index in [0.29, 0.717) is 0 Å². The van der Waals surface area contributed by atoms with Crippen molar-refractivity contribution in [2.45, 2.75) is 17.9 Å². The molecular formula is C6H15AlO13P. The highest BCUT2D eigenvalue weighted by Crippen LogP contribution is 2.50. The van der Waals surface area contributed by atoms with Gasteiger partial charge in [-0.2, -0.15) is 0 Å². The molecule has 21 heavy (non-hydrogen) atoms. The summed E-state index contributed by atoms with van der Waals surface area (Å²) in [4.78, 5) is 0. The summed E-state index contributed by atoms with van der Waals surface area (Å²) in [5.74, 6) is -10.4. The van der Waals surface area contributed by atoms with E-state index in [1.165, 1.54) is 0 Å². The summed E-state index contributed by atoms with van der Waals surface area (Å²) in [6.07, 6.45) is 0. The van der Waals surface area contributed by atoms with Gasteiger partial charge in [0.05, 0.1) is 0 Å². The fourth-order valence-electron chi connectivity index (χ4n) is 0.609. The number of phosphoric acid groups is 1. The lowest BCUT2D eigenvalue weighted by atomic mass is 10.6. The van der Waals surface area contributed by atoms with Crippen LogP contribution in [0.3, 0.4) is 0 Å². The molecule has 125 valence electrons. The predicted octanol–water partition coefficient (Wildman–Crippen LogP) is -5.34. The molecule has 0 aromatic heterocycles. The van der Waals surface area contributed by atoms with Crippen LogP contribution in [-0.2, 0) is 18.1 Å². The fourth-order valence-corrected chi connectivity index (χ4v) is 1.83. The van der Waals surface area contributed by atoms with Crippen LogP contribution in [0.4, 0.5) is 0 Å². The minimum Gasteiger partial charge on any atom is -0.342 e. The van der Waals surface area contributed by atoms with E-state index in [1.54, 1.807) is 0 Å². The summed E-state index contributed by atoms with van der Waals surface area (Å²) in [6.45, 7) is -4.47. The highest BCUT2D eigenvalue weighted by molar-refractivity contribution is 7.48. The van der Waals surface area contributed by atoms with Gasteiger partial charge in [-0.15, -0.1) is 0 Å². The van der Waals surface area contributed by atoms with Gasteiger partial charge in [0.15, 0.2) is 0 Å². The molecular weight excluding hydrogens is 338 g/mol. The average molecular weight is 353 g/mol. The maximum atomic E-state index is 11.7. The minimum atomic E-state index is -4.95. The molecule has 0 fully saturated rings. The molecule has 0 aliphatic rings. The number of aliphatic hydroxyl groups is 9. The molecule has 0 aromatic carbocycles. The smallest absolute Gasteiger partial charge is 0.342 e. The summed E-state index contributed by atoms with van der Waals surface area (Å²) >= 11 is 0. The van der Waals surface area contributed by atoms with Gasteiger partial charge in [-0.3, -0.25) is 13.6 Å². The second kappa shape index (κ2) is 8.22. The molecule has 0 aliphatic heterocycles. The van der Waals surface area contributed by atoms with Crippen molar-refractivity contribution in [3.8, 4) is 0 Å². The SMILES string of the molecule is O=P(OCC(O)(O)O)(OCC(O)(O)O)OCC(O)(O)O.[Al]. The molecule has 15 heteroatoms. The van der Waals surface area contributed by atoms with Crippen molar-refractivity contribution in [3.05, 3.63) is 0 Å². The summed E-state index contributed by atoms with van der Waals surface area (Å²) in [5.41, 5.74) is 0. The van der Waals surface area contributed by atoms with E-state index < -0.39 is 45.6 Å². The highest BCUT2D eigenvalue weighted by atomic mass is 31.2. The zero-order valence-electron chi connectivity index (χ0n) is 10.3. The Bertz CT molecular complexity index is 288. The summed E-state index contributed by atoms with van der Waals surface area (Å²) in [7, 11) is -4.95. The number of phosphoric ester groups is 1. The predicted molar refractivity (Wildman–Crippen MR) is 59.4 cm³/mol. The molecule has 0 saturated heterocycles. The van der Waals surface area contributed by atoms with Crippen LogP contribution in [-0.4, -0.2) is 101 Å². The Labute approximate surface area is 127 Å². The zero-order valence-corrected chi connectivity index (χ0v) is 12.4. The quantitative estimate of drug-likeness (QED) is 0.107. The number of rotatable bonds is 9. The average Bonchev–Trinajstić information content (AvgIpc) is 2.18. The molecule has 0 unspecified atom stereocenters. The zero-order chi connectivity index (χ0) is 16.2. The first kappa shape index (κ1) is 23.5. The first-order valence-electron chi connectivity index (χ1n) is 4.67. The van der Waals surface area contributed by atoms with Crippen molar-refractivity contribution >= 4 is 25.2 Å². The van der Waals surface area contributed by atoms with Gasteiger partial charge in [-0.1, -0.05) is 0 Å². The van der Waals surface area contributed by atoms with E-state index >= 15 is 0 Å². The molecule has 9 N–H and O–H groups in total. The van der Waals surface area contributed by atoms with Crippen LogP contribution < -0.4 is 0 Å². The molecule has 13 nitrogen and oxygen atoms in total. The lowest BCUT2D eigenvalue weighted by molar-refractivity contribution is -0.334. The standard InChI is InChI=1S/C6H15O13P.Al/c7-4(8,9)1-17-20(16,18-2-5(10,11)12)19-3-6(13,14)15;/h7-15H,1-3H2;. The molecule has 3 radical (unpaired) electrons. The van der Waals surface area contributed by atoms with Crippen LogP contribution >= 0.6 is 7.82 Å². The maximum absolute atomic E-state index is 11.7. The van der Waals surface area contributed by atoms with Crippen LogP contribution in [0.25, 0.3) is 0 Å². The molecule has 0 saturated carbocycles. The monoisotopic (exact) mass is 353 g/mol. The molecule has 0 aromatic rings. The Hall–Kier alpha value is 0.282. The Morgan fingerprint density at radius 3 is 0.952 bits per heavy atom. The Kier molecular flexibility index (Phi) is 9.22. The third-order valence-electron chi connectivity index (χ3n) is 1.25. The van der Waals surface area contributed by atoms with Crippen LogP contribution in [0.15, 0.2) is 0 Å². The van der Waals surface area contributed by atoms with Gasteiger partial charge in [0.2, 0.25) is 0 Å². The second-order valence-electron chi connectivity index (χ2n) is 3.59. The van der Waals surface area contributed by atoms with Crippen LogP contribution in [0, 0.1) is 0 Å². The topological polar surface area (TPSA) is 227 Å². The molecule has 0 rings (SSSR count). The minimum absolute atomic E-state index is 0. The van der Waals surface area contributed by atoms with Crippen molar-refractivity contribution in [3.63, 3.8) is 0 Å². The van der Waals surface area contributed by atoms with Gasteiger partial charge in [0.1, 0.15) is 19.8 Å². The third-order valence-corrected chi connectivity index (χ3v) is 2.58. The van der Waals surface area contributed by atoms with Crippen molar-refractivity contribution in [2.75, 3.05) is 19.8 Å². The highest BCUT2D eigenvalue weighted by Gasteiger charge is 2.37. The number of hydrogen-bond donors (Lipinski definition) is 9. The molecule has 0 atom stereocenters. The van der Waals surface area contributed by atoms with Gasteiger partial charge >= 0.3 is 25.7 Å².